The van der Waals surface area contributed by atoms with Gasteiger partial charge in [-0.1, -0.05) is 23.8 Å². The summed E-state index contributed by atoms with van der Waals surface area (Å²) in [5, 5.41) is 5.62. The van der Waals surface area contributed by atoms with E-state index in [9.17, 15) is 19.2 Å². The SMILES string of the molecule is Cc1ccc(C(C(=O)NC(C)(C)C)N(C(=O)C(CCC(N)=O)NC(=O)OC(C)(C)C)C(C)(C)C)c(C)c1. The van der Waals surface area contributed by atoms with Crippen LogP contribution >= 0.6 is 0 Å². The van der Waals surface area contributed by atoms with Crippen molar-refractivity contribution < 1.29 is 23.9 Å². The van der Waals surface area contributed by atoms with E-state index in [1.54, 1.807) is 20.8 Å². The molecule has 9 heteroatoms. The van der Waals surface area contributed by atoms with Crippen LogP contribution in [0.4, 0.5) is 4.79 Å². The quantitative estimate of drug-likeness (QED) is 0.478. The molecule has 4 amide bonds. The number of rotatable bonds is 8. The van der Waals surface area contributed by atoms with E-state index in [-0.39, 0.29) is 18.7 Å². The maximum atomic E-state index is 14.2. The smallest absolute Gasteiger partial charge is 0.408 e. The number of ether oxygens (including phenoxy) is 1. The van der Waals surface area contributed by atoms with E-state index in [4.69, 9.17) is 10.5 Å². The van der Waals surface area contributed by atoms with Gasteiger partial charge in [0, 0.05) is 17.5 Å². The number of primary amides is 1. The number of alkyl carbamates (subject to hydrolysis) is 1. The average Bonchev–Trinajstić information content (AvgIpc) is 2.65. The fraction of sp³-hybridized carbons (Fsp3) is 0.643. The molecule has 4 N–H and O–H groups in total. The first kappa shape index (κ1) is 31.9. The zero-order valence-corrected chi connectivity index (χ0v) is 24.4. The second-order valence-electron chi connectivity index (χ2n) is 12.6. The highest BCUT2D eigenvalue weighted by Crippen LogP contribution is 2.33. The Morgan fingerprint density at radius 1 is 0.973 bits per heavy atom. The normalized spacial score (nSPS) is 13.8. The summed E-state index contributed by atoms with van der Waals surface area (Å²) in [6.45, 7) is 20.1. The van der Waals surface area contributed by atoms with Gasteiger partial charge in [-0.3, -0.25) is 14.4 Å². The van der Waals surface area contributed by atoms with Crippen molar-refractivity contribution >= 4 is 23.8 Å². The maximum absolute atomic E-state index is 14.2. The van der Waals surface area contributed by atoms with Crippen LogP contribution in [0, 0.1) is 13.8 Å². The predicted molar refractivity (Wildman–Crippen MR) is 145 cm³/mol. The Morgan fingerprint density at radius 2 is 1.54 bits per heavy atom. The Morgan fingerprint density at radius 3 is 1.97 bits per heavy atom. The summed E-state index contributed by atoms with van der Waals surface area (Å²) in [7, 11) is 0. The number of hydrogen-bond acceptors (Lipinski definition) is 5. The lowest BCUT2D eigenvalue weighted by Gasteiger charge is -2.44. The van der Waals surface area contributed by atoms with Gasteiger partial charge < -0.3 is 26.0 Å². The molecule has 0 bridgehead atoms. The fourth-order valence-electron chi connectivity index (χ4n) is 3.97. The summed E-state index contributed by atoms with van der Waals surface area (Å²) >= 11 is 0. The third-order valence-corrected chi connectivity index (χ3v) is 5.35. The Bertz CT molecular complexity index is 999. The molecule has 2 atom stereocenters. The first-order chi connectivity index (χ1) is 16.6. The van der Waals surface area contributed by atoms with Crippen molar-refractivity contribution in [2.75, 3.05) is 0 Å². The van der Waals surface area contributed by atoms with E-state index in [0.29, 0.717) is 5.56 Å². The molecule has 0 aliphatic rings. The third kappa shape index (κ3) is 10.4. The number of carbonyl (C=O) groups is 4. The second-order valence-corrected chi connectivity index (χ2v) is 12.6. The second kappa shape index (κ2) is 12.0. The molecule has 1 rings (SSSR count). The third-order valence-electron chi connectivity index (χ3n) is 5.35. The van der Waals surface area contributed by atoms with Gasteiger partial charge in [0.1, 0.15) is 17.7 Å². The first-order valence-corrected chi connectivity index (χ1v) is 12.6. The lowest BCUT2D eigenvalue weighted by Crippen LogP contribution is -2.59. The van der Waals surface area contributed by atoms with Crippen LogP contribution in [0.1, 0.15) is 97.9 Å². The highest BCUT2D eigenvalue weighted by Gasteiger charge is 2.43. The summed E-state index contributed by atoms with van der Waals surface area (Å²) < 4.78 is 5.37. The van der Waals surface area contributed by atoms with Gasteiger partial charge in [0.25, 0.3) is 0 Å². The van der Waals surface area contributed by atoms with Crippen molar-refractivity contribution in [3.05, 3.63) is 34.9 Å². The summed E-state index contributed by atoms with van der Waals surface area (Å²) in [6.07, 6.45) is -0.973. The van der Waals surface area contributed by atoms with Crippen LogP contribution < -0.4 is 16.4 Å². The summed E-state index contributed by atoms with van der Waals surface area (Å²) in [5.41, 5.74) is 5.72. The van der Waals surface area contributed by atoms with Gasteiger partial charge in [-0.2, -0.15) is 0 Å². The van der Waals surface area contributed by atoms with Crippen LogP contribution in [0.15, 0.2) is 18.2 Å². The lowest BCUT2D eigenvalue weighted by atomic mass is 9.91. The van der Waals surface area contributed by atoms with Gasteiger partial charge in [0.2, 0.25) is 17.7 Å². The van der Waals surface area contributed by atoms with Crippen molar-refractivity contribution in [1.29, 1.82) is 0 Å². The van der Waals surface area contributed by atoms with E-state index in [1.807, 2.05) is 73.6 Å². The Hall–Kier alpha value is -3.10. The first-order valence-electron chi connectivity index (χ1n) is 12.6. The maximum Gasteiger partial charge on any atom is 0.408 e. The summed E-state index contributed by atoms with van der Waals surface area (Å²) in [5.74, 6) is -1.48. The minimum absolute atomic E-state index is 0.0412. The van der Waals surface area contributed by atoms with Gasteiger partial charge in [-0.05, 0) is 93.7 Å². The van der Waals surface area contributed by atoms with E-state index in [2.05, 4.69) is 10.6 Å². The molecule has 0 saturated carbocycles. The van der Waals surface area contributed by atoms with Crippen LogP contribution in [0.25, 0.3) is 0 Å². The van der Waals surface area contributed by atoms with Crippen LogP contribution in [0.3, 0.4) is 0 Å². The fourth-order valence-corrected chi connectivity index (χ4v) is 3.97. The molecule has 9 nitrogen and oxygen atoms in total. The molecule has 0 aliphatic carbocycles. The molecule has 0 radical (unpaired) electrons. The van der Waals surface area contributed by atoms with Crippen LogP contribution in [-0.4, -0.2) is 51.4 Å². The van der Waals surface area contributed by atoms with Crippen LogP contribution in [0.5, 0.6) is 0 Å². The molecule has 0 spiro atoms. The molecule has 0 saturated heterocycles. The molecule has 208 valence electrons. The number of carbonyl (C=O) groups excluding carboxylic acids is 4. The van der Waals surface area contributed by atoms with Crippen molar-refractivity contribution in [2.24, 2.45) is 5.73 Å². The van der Waals surface area contributed by atoms with Gasteiger partial charge in [0.15, 0.2) is 0 Å². The Kier molecular flexibility index (Phi) is 10.3. The zero-order chi connectivity index (χ0) is 28.9. The summed E-state index contributed by atoms with van der Waals surface area (Å²) in [6, 6.07) is 3.57. The van der Waals surface area contributed by atoms with Gasteiger partial charge >= 0.3 is 6.09 Å². The standard InChI is InChI=1S/C28H46N4O5/c1-17-12-13-19(18(2)16-17)22(23(34)31-26(3,4)5)32(27(6,7)8)24(35)20(14-15-21(29)33)30-25(36)37-28(9,10)11/h12-13,16,20,22H,14-15H2,1-11H3,(H2,29,33)(H,30,36)(H,31,34). The topological polar surface area (TPSA) is 131 Å². The highest BCUT2D eigenvalue weighted by molar-refractivity contribution is 5.93. The zero-order valence-electron chi connectivity index (χ0n) is 24.4. The molecular weight excluding hydrogens is 472 g/mol. The van der Waals surface area contributed by atoms with Crippen molar-refractivity contribution in [3.63, 3.8) is 0 Å². The Balaban J connectivity index is 3.68. The molecule has 0 aliphatic heterocycles. The number of aryl methyl sites for hydroxylation is 2. The Labute approximate surface area is 221 Å². The van der Waals surface area contributed by atoms with E-state index < -0.39 is 46.7 Å². The molecule has 0 heterocycles. The molecule has 1 aromatic carbocycles. The van der Waals surface area contributed by atoms with E-state index in [1.165, 1.54) is 4.90 Å². The predicted octanol–water partition coefficient (Wildman–Crippen LogP) is 4.05. The molecule has 37 heavy (non-hydrogen) atoms. The minimum Gasteiger partial charge on any atom is -0.444 e. The molecule has 0 fully saturated rings. The molecular formula is C28H46N4O5. The summed E-state index contributed by atoms with van der Waals surface area (Å²) in [4.78, 5) is 53.7. The number of nitrogens with zero attached hydrogens (tertiary/aromatic N) is 1. The number of benzene rings is 1. The van der Waals surface area contributed by atoms with Crippen LogP contribution in [0.2, 0.25) is 0 Å². The van der Waals surface area contributed by atoms with Gasteiger partial charge in [0.05, 0.1) is 0 Å². The van der Waals surface area contributed by atoms with E-state index in [0.717, 1.165) is 11.1 Å². The van der Waals surface area contributed by atoms with E-state index >= 15 is 0 Å². The monoisotopic (exact) mass is 518 g/mol. The van der Waals surface area contributed by atoms with Crippen molar-refractivity contribution in [2.45, 2.75) is 118 Å². The minimum atomic E-state index is -1.14. The van der Waals surface area contributed by atoms with Crippen molar-refractivity contribution in [1.82, 2.24) is 15.5 Å². The molecule has 0 aromatic heterocycles. The number of nitrogens with one attached hydrogen (secondary N) is 2. The van der Waals surface area contributed by atoms with Gasteiger partial charge in [-0.15, -0.1) is 0 Å². The lowest BCUT2D eigenvalue weighted by molar-refractivity contribution is -0.149. The van der Waals surface area contributed by atoms with Crippen LogP contribution in [-0.2, 0) is 19.1 Å². The largest absolute Gasteiger partial charge is 0.444 e. The highest BCUT2D eigenvalue weighted by atomic mass is 16.6. The van der Waals surface area contributed by atoms with Gasteiger partial charge in [-0.25, -0.2) is 4.79 Å². The number of hydrogen-bond donors (Lipinski definition) is 3. The average molecular weight is 519 g/mol. The van der Waals surface area contributed by atoms with Crippen molar-refractivity contribution in [3.8, 4) is 0 Å². The number of amides is 4. The molecule has 1 aromatic rings. The molecule has 2 unspecified atom stereocenters. The number of nitrogens with two attached hydrogens (primary N) is 1.